The molecule has 0 unspecified atom stereocenters. The van der Waals surface area contributed by atoms with Gasteiger partial charge in [0.15, 0.2) is 0 Å². The molecule has 0 amide bonds. The van der Waals surface area contributed by atoms with Gasteiger partial charge in [-0.2, -0.15) is 0 Å². The average molecular weight is 397 g/mol. The number of benzene rings is 2. The molecule has 2 atom stereocenters. The van der Waals surface area contributed by atoms with E-state index in [1.807, 2.05) is 12.1 Å². The second kappa shape index (κ2) is 9.16. The van der Waals surface area contributed by atoms with E-state index in [1.54, 1.807) is 7.11 Å². The fourth-order valence-electron chi connectivity index (χ4n) is 4.48. The van der Waals surface area contributed by atoms with Gasteiger partial charge in [-0.15, -0.1) is 0 Å². The predicted octanol–water partition coefficient (Wildman–Crippen LogP) is 3.70. The lowest BCUT2D eigenvalue weighted by molar-refractivity contribution is -0.0704. The molecule has 0 bridgehead atoms. The maximum absolute atomic E-state index is 6.05. The van der Waals surface area contributed by atoms with Crippen molar-refractivity contribution < 1.29 is 14.2 Å². The maximum atomic E-state index is 6.05. The summed E-state index contributed by atoms with van der Waals surface area (Å²) in [4.78, 5) is 4.93. The average Bonchev–Trinajstić information content (AvgIpc) is 2.89. The van der Waals surface area contributed by atoms with Crippen LogP contribution in [0, 0.1) is 0 Å². The Kier molecular flexibility index (Phi) is 6.38. The van der Waals surface area contributed by atoms with E-state index in [-0.39, 0.29) is 0 Å². The Balaban J connectivity index is 1.47. The first-order valence-corrected chi connectivity index (χ1v) is 10.6. The minimum absolute atomic E-state index is 0.291. The Labute approximate surface area is 174 Å². The number of rotatable bonds is 5. The highest BCUT2D eigenvalue weighted by atomic mass is 16.5. The van der Waals surface area contributed by atoms with Gasteiger partial charge in [-0.25, -0.2) is 0 Å². The van der Waals surface area contributed by atoms with Crippen molar-refractivity contribution in [2.45, 2.75) is 45.7 Å². The highest BCUT2D eigenvalue weighted by Gasteiger charge is 2.23. The van der Waals surface area contributed by atoms with Crippen molar-refractivity contribution in [3.8, 4) is 11.5 Å². The summed E-state index contributed by atoms with van der Waals surface area (Å²) in [5.74, 6) is 1.96. The third kappa shape index (κ3) is 5.10. The van der Waals surface area contributed by atoms with Gasteiger partial charge in [-0.05, 0) is 37.6 Å². The highest BCUT2D eigenvalue weighted by molar-refractivity contribution is 5.38. The Morgan fingerprint density at radius 3 is 2.59 bits per heavy atom. The largest absolute Gasteiger partial charge is 0.496 e. The van der Waals surface area contributed by atoms with Crippen molar-refractivity contribution >= 4 is 0 Å². The Bertz CT molecular complexity index is 816. The van der Waals surface area contributed by atoms with Crippen molar-refractivity contribution in [1.82, 2.24) is 9.80 Å². The van der Waals surface area contributed by atoms with Crippen molar-refractivity contribution in [3.63, 3.8) is 0 Å². The minimum Gasteiger partial charge on any atom is -0.496 e. The van der Waals surface area contributed by atoms with Gasteiger partial charge in [0.2, 0.25) is 0 Å². The Morgan fingerprint density at radius 2 is 1.79 bits per heavy atom. The molecule has 2 aromatic carbocycles. The first kappa shape index (κ1) is 20.2. The molecule has 4 rings (SSSR count). The van der Waals surface area contributed by atoms with Crippen LogP contribution in [-0.2, 0) is 24.4 Å². The van der Waals surface area contributed by atoms with Gasteiger partial charge in [0, 0.05) is 50.4 Å². The van der Waals surface area contributed by atoms with Gasteiger partial charge in [0.05, 0.1) is 19.3 Å². The Morgan fingerprint density at radius 1 is 1.00 bits per heavy atom. The number of fused-ring (bicyclic) bond motifs is 1. The SMILES string of the molecule is COc1ccccc1CN1CCOc2ccc(CN3C[C@@H](C)O[C@@H](C)C3)cc2C1. The molecule has 5 heteroatoms. The van der Waals surface area contributed by atoms with E-state index in [0.717, 1.165) is 50.8 Å². The molecule has 0 aromatic heterocycles. The van der Waals surface area contributed by atoms with Crippen LogP contribution in [0.15, 0.2) is 42.5 Å². The third-order valence-corrected chi connectivity index (χ3v) is 5.67. The summed E-state index contributed by atoms with van der Waals surface area (Å²) in [6, 6.07) is 14.9. The molecular weight excluding hydrogens is 364 g/mol. The molecule has 29 heavy (non-hydrogen) atoms. The molecule has 1 saturated heterocycles. The molecule has 0 radical (unpaired) electrons. The van der Waals surface area contributed by atoms with E-state index >= 15 is 0 Å². The van der Waals surface area contributed by atoms with Crippen LogP contribution in [0.25, 0.3) is 0 Å². The van der Waals surface area contributed by atoms with Crippen LogP contribution in [0.4, 0.5) is 0 Å². The number of hydrogen-bond donors (Lipinski definition) is 0. The van der Waals surface area contributed by atoms with Crippen molar-refractivity contribution in [2.24, 2.45) is 0 Å². The topological polar surface area (TPSA) is 34.2 Å². The maximum Gasteiger partial charge on any atom is 0.123 e. The van der Waals surface area contributed by atoms with Gasteiger partial charge < -0.3 is 14.2 Å². The molecule has 0 saturated carbocycles. The van der Waals surface area contributed by atoms with Crippen LogP contribution in [0.1, 0.15) is 30.5 Å². The summed E-state index contributed by atoms with van der Waals surface area (Å²) in [6.45, 7) is 10.6. The van der Waals surface area contributed by atoms with E-state index in [0.29, 0.717) is 18.8 Å². The summed E-state index contributed by atoms with van der Waals surface area (Å²) in [7, 11) is 1.74. The fourth-order valence-corrected chi connectivity index (χ4v) is 4.48. The molecule has 0 N–H and O–H groups in total. The number of nitrogens with zero attached hydrogens (tertiary/aromatic N) is 2. The lowest BCUT2D eigenvalue weighted by Crippen LogP contribution is -2.44. The van der Waals surface area contributed by atoms with E-state index in [4.69, 9.17) is 14.2 Å². The molecule has 1 fully saturated rings. The second-order valence-corrected chi connectivity index (χ2v) is 8.26. The molecule has 2 aliphatic heterocycles. The Hall–Kier alpha value is -2.08. The van der Waals surface area contributed by atoms with E-state index in [1.165, 1.54) is 16.7 Å². The fraction of sp³-hybridized carbons (Fsp3) is 0.500. The summed E-state index contributed by atoms with van der Waals surface area (Å²) in [6.07, 6.45) is 0.582. The van der Waals surface area contributed by atoms with Crippen molar-refractivity contribution in [1.29, 1.82) is 0 Å². The zero-order valence-corrected chi connectivity index (χ0v) is 17.8. The van der Waals surface area contributed by atoms with Crippen LogP contribution >= 0.6 is 0 Å². The van der Waals surface area contributed by atoms with Crippen molar-refractivity contribution in [3.05, 3.63) is 59.2 Å². The number of morpholine rings is 1. The lowest BCUT2D eigenvalue weighted by Gasteiger charge is -2.35. The van der Waals surface area contributed by atoms with Crippen LogP contribution in [0.2, 0.25) is 0 Å². The molecule has 2 aliphatic rings. The van der Waals surface area contributed by atoms with Crippen molar-refractivity contribution in [2.75, 3.05) is 33.4 Å². The zero-order valence-electron chi connectivity index (χ0n) is 17.8. The van der Waals surface area contributed by atoms with E-state index in [2.05, 4.69) is 54.0 Å². The molecule has 0 aliphatic carbocycles. The summed E-state index contributed by atoms with van der Waals surface area (Å²) in [5, 5.41) is 0. The van der Waals surface area contributed by atoms with E-state index < -0.39 is 0 Å². The quantitative estimate of drug-likeness (QED) is 0.770. The first-order valence-electron chi connectivity index (χ1n) is 10.6. The number of ether oxygens (including phenoxy) is 3. The van der Waals surface area contributed by atoms with Gasteiger partial charge in [0.25, 0.3) is 0 Å². The zero-order chi connectivity index (χ0) is 20.2. The van der Waals surface area contributed by atoms with Gasteiger partial charge in [0.1, 0.15) is 18.1 Å². The van der Waals surface area contributed by atoms with Crippen LogP contribution in [-0.4, -0.2) is 55.4 Å². The molecule has 0 spiro atoms. The standard InChI is InChI=1S/C24H32N2O3/c1-18-13-26(14-19(2)29-18)15-20-8-9-24-22(12-20)17-25(10-11-28-24)16-21-6-4-5-7-23(21)27-3/h4-9,12,18-19H,10-11,13-17H2,1-3H3/t18-,19+. The van der Waals surface area contributed by atoms with E-state index in [9.17, 15) is 0 Å². The van der Waals surface area contributed by atoms with Crippen LogP contribution in [0.3, 0.4) is 0 Å². The van der Waals surface area contributed by atoms with Crippen LogP contribution in [0.5, 0.6) is 11.5 Å². The number of methoxy groups -OCH3 is 1. The third-order valence-electron chi connectivity index (χ3n) is 5.67. The lowest BCUT2D eigenvalue weighted by atomic mass is 10.1. The van der Waals surface area contributed by atoms with Gasteiger partial charge in [-0.1, -0.05) is 24.3 Å². The molecule has 156 valence electrons. The van der Waals surface area contributed by atoms with Crippen LogP contribution < -0.4 is 9.47 Å². The summed E-state index contributed by atoms with van der Waals surface area (Å²) >= 11 is 0. The van der Waals surface area contributed by atoms with Gasteiger partial charge in [-0.3, -0.25) is 9.80 Å². The number of hydrogen-bond acceptors (Lipinski definition) is 5. The second-order valence-electron chi connectivity index (χ2n) is 8.26. The number of para-hydroxylation sites is 1. The monoisotopic (exact) mass is 396 g/mol. The summed E-state index contributed by atoms with van der Waals surface area (Å²) in [5.41, 5.74) is 3.82. The molecule has 2 aromatic rings. The predicted molar refractivity (Wildman–Crippen MR) is 114 cm³/mol. The normalized spacial score (nSPS) is 23.1. The first-order chi connectivity index (χ1) is 14.1. The summed E-state index contributed by atoms with van der Waals surface area (Å²) < 4.78 is 17.5. The highest BCUT2D eigenvalue weighted by Crippen LogP contribution is 2.27. The molecule has 5 nitrogen and oxygen atoms in total. The molecular formula is C24H32N2O3. The minimum atomic E-state index is 0.291. The smallest absolute Gasteiger partial charge is 0.123 e. The molecule has 2 heterocycles. The van der Waals surface area contributed by atoms with Gasteiger partial charge >= 0.3 is 0 Å².